The number of aryl methyl sites for hydroxylation is 2. The molecule has 9 nitrogen and oxygen atoms in total. The summed E-state index contributed by atoms with van der Waals surface area (Å²) in [4.78, 5) is 49.0. The topological polar surface area (TPSA) is 116 Å². The van der Waals surface area contributed by atoms with E-state index < -0.39 is 23.4 Å². The van der Waals surface area contributed by atoms with E-state index in [0.29, 0.717) is 11.3 Å². The Hall–Kier alpha value is -3.75. The van der Waals surface area contributed by atoms with Gasteiger partial charge in [0.15, 0.2) is 12.4 Å². The van der Waals surface area contributed by atoms with Gasteiger partial charge in [-0.15, -0.1) is 0 Å². The molecule has 0 saturated carbocycles. The minimum atomic E-state index is -0.750. The molecular weight excluding hydrogens is 404 g/mol. The third-order valence-corrected chi connectivity index (χ3v) is 5.30. The molecule has 1 aliphatic heterocycles. The average Bonchev–Trinajstić information content (AvgIpc) is 3.14. The van der Waals surface area contributed by atoms with Crippen molar-refractivity contribution in [2.75, 3.05) is 25.2 Å². The third kappa shape index (κ3) is 4.71. The minimum absolute atomic E-state index is 0.0314. The monoisotopic (exact) mass is 426 g/mol. The molecule has 3 rings (SSSR count). The molecule has 2 aromatic carbocycles. The Morgan fingerprint density at radius 1 is 1.16 bits per heavy atom. The fourth-order valence-electron chi connectivity index (χ4n) is 3.35. The van der Waals surface area contributed by atoms with Crippen LogP contribution in [0.1, 0.15) is 27.9 Å². The number of nitro groups is 1. The van der Waals surface area contributed by atoms with Crippen LogP contribution in [0.4, 0.5) is 11.4 Å². The van der Waals surface area contributed by atoms with Gasteiger partial charge in [0.2, 0.25) is 5.91 Å². The zero-order chi connectivity index (χ0) is 22.7. The molecule has 162 valence electrons. The van der Waals surface area contributed by atoms with E-state index in [2.05, 4.69) is 0 Å². The van der Waals surface area contributed by atoms with Crippen molar-refractivity contribution in [2.45, 2.75) is 20.3 Å². The summed E-state index contributed by atoms with van der Waals surface area (Å²) in [5.74, 6) is -1.90. The zero-order valence-corrected chi connectivity index (χ0v) is 17.4. The first-order valence-electron chi connectivity index (χ1n) is 9.61. The number of ether oxygens (including phenoxy) is 2. The zero-order valence-electron chi connectivity index (χ0n) is 17.4. The number of carbonyl (C=O) groups is 3. The molecule has 0 radical (unpaired) electrons. The molecule has 9 heteroatoms. The van der Waals surface area contributed by atoms with Gasteiger partial charge in [0.25, 0.3) is 5.69 Å². The van der Waals surface area contributed by atoms with Crippen molar-refractivity contribution in [3.63, 3.8) is 0 Å². The van der Waals surface area contributed by atoms with E-state index >= 15 is 0 Å². The highest BCUT2D eigenvalue weighted by molar-refractivity contribution is 6.01. The van der Waals surface area contributed by atoms with E-state index in [1.807, 2.05) is 19.9 Å². The summed E-state index contributed by atoms with van der Waals surface area (Å²) in [6.45, 7) is 3.45. The van der Waals surface area contributed by atoms with Crippen LogP contribution in [0.25, 0.3) is 0 Å². The first kappa shape index (κ1) is 21.9. The molecule has 0 aromatic heterocycles. The van der Waals surface area contributed by atoms with Gasteiger partial charge in [-0.25, -0.2) is 0 Å². The summed E-state index contributed by atoms with van der Waals surface area (Å²) in [5.41, 5.74) is 2.63. The number of methoxy groups -OCH3 is 1. The molecule has 0 unspecified atom stereocenters. The number of esters is 1. The lowest BCUT2D eigenvalue weighted by Crippen LogP contribution is -2.27. The molecule has 0 aliphatic carbocycles. The quantitative estimate of drug-likeness (QED) is 0.289. The SMILES string of the molecule is COc1cc([N+](=O)[O-])ccc1N1C[C@@H](C(=O)OCC(=O)c2ccc(C)c(C)c2)CC1=O. The van der Waals surface area contributed by atoms with Crippen molar-refractivity contribution in [1.82, 2.24) is 0 Å². The van der Waals surface area contributed by atoms with Crippen molar-refractivity contribution >= 4 is 29.0 Å². The van der Waals surface area contributed by atoms with Gasteiger partial charge >= 0.3 is 5.97 Å². The van der Waals surface area contributed by atoms with Gasteiger partial charge in [-0.05, 0) is 37.1 Å². The van der Waals surface area contributed by atoms with Gasteiger partial charge in [-0.2, -0.15) is 0 Å². The number of hydrogen-bond donors (Lipinski definition) is 0. The van der Waals surface area contributed by atoms with Crippen molar-refractivity contribution in [3.8, 4) is 5.75 Å². The number of nitrogens with zero attached hydrogens (tertiary/aromatic N) is 2. The first-order chi connectivity index (χ1) is 14.7. The van der Waals surface area contributed by atoms with E-state index in [4.69, 9.17) is 9.47 Å². The number of carbonyl (C=O) groups excluding carboxylic acids is 3. The Labute approximate surface area is 178 Å². The van der Waals surface area contributed by atoms with Gasteiger partial charge in [0.1, 0.15) is 5.75 Å². The van der Waals surface area contributed by atoms with Crippen LogP contribution in [0.3, 0.4) is 0 Å². The van der Waals surface area contributed by atoms with E-state index in [0.717, 1.165) is 11.1 Å². The molecule has 1 fully saturated rings. The number of non-ortho nitro benzene ring substituents is 1. The van der Waals surface area contributed by atoms with Gasteiger partial charge < -0.3 is 14.4 Å². The Morgan fingerprint density at radius 2 is 1.90 bits per heavy atom. The van der Waals surface area contributed by atoms with Crippen LogP contribution in [0.2, 0.25) is 0 Å². The summed E-state index contributed by atoms with van der Waals surface area (Å²) in [6.07, 6.45) is -0.0865. The molecule has 0 N–H and O–H groups in total. The molecule has 2 aromatic rings. The highest BCUT2D eigenvalue weighted by Gasteiger charge is 2.37. The smallest absolute Gasteiger partial charge is 0.311 e. The maximum Gasteiger partial charge on any atom is 0.311 e. The van der Waals surface area contributed by atoms with Crippen LogP contribution in [-0.2, 0) is 14.3 Å². The predicted octanol–water partition coefficient (Wildman–Crippen LogP) is 3.00. The Kier molecular flexibility index (Phi) is 6.33. The number of anilines is 1. The maximum absolute atomic E-state index is 12.5. The molecule has 1 aliphatic rings. The summed E-state index contributed by atoms with van der Waals surface area (Å²) < 4.78 is 10.3. The number of nitro benzene ring substituents is 1. The summed E-state index contributed by atoms with van der Waals surface area (Å²) in [6, 6.07) is 9.14. The third-order valence-electron chi connectivity index (χ3n) is 5.30. The predicted molar refractivity (Wildman–Crippen MR) is 111 cm³/mol. The fourth-order valence-corrected chi connectivity index (χ4v) is 3.35. The Balaban J connectivity index is 1.65. The van der Waals surface area contributed by atoms with Crippen LogP contribution in [-0.4, -0.2) is 42.8 Å². The molecule has 0 spiro atoms. The normalized spacial score (nSPS) is 15.6. The van der Waals surface area contributed by atoms with Gasteiger partial charge in [0.05, 0.1) is 29.7 Å². The van der Waals surface area contributed by atoms with Crippen molar-refractivity contribution in [2.24, 2.45) is 5.92 Å². The van der Waals surface area contributed by atoms with E-state index in [9.17, 15) is 24.5 Å². The van der Waals surface area contributed by atoms with Crippen molar-refractivity contribution < 1.29 is 28.8 Å². The molecule has 1 saturated heterocycles. The van der Waals surface area contributed by atoms with Crippen LogP contribution >= 0.6 is 0 Å². The maximum atomic E-state index is 12.5. The molecule has 1 heterocycles. The lowest BCUT2D eigenvalue weighted by atomic mass is 10.0. The van der Waals surface area contributed by atoms with E-state index in [1.54, 1.807) is 12.1 Å². The molecule has 31 heavy (non-hydrogen) atoms. The summed E-state index contributed by atoms with van der Waals surface area (Å²) >= 11 is 0. The van der Waals surface area contributed by atoms with Crippen LogP contribution < -0.4 is 9.64 Å². The number of rotatable bonds is 7. The second-order valence-electron chi connectivity index (χ2n) is 7.35. The standard InChI is InChI=1S/C22H22N2O7/c1-13-4-5-15(8-14(13)2)19(25)12-31-22(27)16-9-21(26)23(11-16)18-7-6-17(24(28)29)10-20(18)30-3/h4-8,10,16H,9,11-12H2,1-3H3/t16-/m0/s1. The highest BCUT2D eigenvalue weighted by atomic mass is 16.6. The van der Waals surface area contributed by atoms with Gasteiger partial charge in [-0.3, -0.25) is 24.5 Å². The number of benzene rings is 2. The number of amides is 1. The number of hydrogen-bond acceptors (Lipinski definition) is 7. The fraction of sp³-hybridized carbons (Fsp3) is 0.318. The summed E-state index contributed by atoms with van der Waals surface area (Å²) in [7, 11) is 1.34. The second-order valence-corrected chi connectivity index (χ2v) is 7.35. The lowest BCUT2D eigenvalue weighted by Gasteiger charge is -2.19. The van der Waals surface area contributed by atoms with Gasteiger partial charge in [0, 0.05) is 24.6 Å². The molecular formula is C22H22N2O7. The number of Topliss-reactive ketones (excluding diaryl/α,β-unsaturated/α-hetero) is 1. The Bertz CT molecular complexity index is 1060. The van der Waals surface area contributed by atoms with E-state index in [1.165, 1.54) is 30.2 Å². The van der Waals surface area contributed by atoms with Crippen LogP contribution in [0.5, 0.6) is 5.75 Å². The van der Waals surface area contributed by atoms with E-state index in [-0.39, 0.29) is 36.1 Å². The first-order valence-corrected chi connectivity index (χ1v) is 9.61. The largest absolute Gasteiger partial charge is 0.494 e. The highest BCUT2D eigenvalue weighted by Crippen LogP contribution is 2.36. The lowest BCUT2D eigenvalue weighted by molar-refractivity contribution is -0.384. The minimum Gasteiger partial charge on any atom is -0.494 e. The van der Waals surface area contributed by atoms with Crippen LogP contribution in [0.15, 0.2) is 36.4 Å². The molecule has 1 atom stereocenters. The van der Waals surface area contributed by atoms with Crippen molar-refractivity contribution in [1.29, 1.82) is 0 Å². The van der Waals surface area contributed by atoms with Crippen molar-refractivity contribution in [3.05, 3.63) is 63.2 Å². The van der Waals surface area contributed by atoms with Gasteiger partial charge in [-0.1, -0.05) is 12.1 Å². The Morgan fingerprint density at radius 3 is 2.55 bits per heavy atom. The second kappa shape index (κ2) is 8.95. The average molecular weight is 426 g/mol. The molecule has 0 bridgehead atoms. The van der Waals surface area contributed by atoms with Crippen LogP contribution in [0, 0.1) is 29.9 Å². The molecule has 1 amide bonds. The summed E-state index contributed by atoms with van der Waals surface area (Å²) in [5, 5.41) is 11.0. The number of ketones is 1.